The molecule has 0 aliphatic heterocycles. The Morgan fingerprint density at radius 1 is 1.00 bits per heavy atom. The summed E-state index contributed by atoms with van der Waals surface area (Å²) in [4.78, 5) is 4.30. The van der Waals surface area contributed by atoms with Gasteiger partial charge in [0.1, 0.15) is 6.10 Å². The van der Waals surface area contributed by atoms with Gasteiger partial charge < -0.3 is 24.8 Å². The Hall–Kier alpha value is -2.00. The van der Waals surface area contributed by atoms with Gasteiger partial charge in [-0.15, -0.1) is 24.0 Å². The summed E-state index contributed by atoms with van der Waals surface area (Å²) in [7, 11) is 3.40. The predicted molar refractivity (Wildman–Crippen MR) is 133 cm³/mol. The highest BCUT2D eigenvalue weighted by Gasteiger charge is 2.10. The standard InChI is InChI=1S/C23H33N3O3.HI/c1-5-14-28-17-20-11-7-6-10-19(20)16-26-23(24-3)25-15-18(2)29-22-13-9-8-12-21(22)27-4;/h6-13,18H,5,14-17H2,1-4H3,(H2,24,25,26);1H. The number of rotatable bonds is 11. The van der Waals surface area contributed by atoms with Crippen molar-refractivity contribution in [2.75, 3.05) is 27.3 Å². The Bertz CT molecular complexity index is 771. The molecule has 2 rings (SSSR count). The molecule has 0 amide bonds. The number of methoxy groups -OCH3 is 1. The van der Waals surface area contributed by atoms with Crippen LogP contribution in [0.25, 0.3) is 0 Å². The van der Waals surface area contributed by atoms with E-state index in [0.29, 0.717) is 19.7 Å². The predicted octanol–water partition coefficient (Wildman–Crippen LogP) is 4.37. The number of guanidine groups is 1. The Morgan fingerprint density at radius 3 is 2.33 bits per heavy atom. The molecule has 0 spiro atoms. The van der Waals surface area contributed by atoms with Gasteiger partial charge in [-0.2, -0.15) is 0 Å². The second-order valence-electron chi connectivity index (χ2n) is 6.71. The molecule has 2 aromatic rings. The van der Waals surface area contributed by atoms with Crippen LogP contribution in [0.2, 0.25) is 0 Å². The van der Waals surface area contributed by atoms with Crippen LogP contribution >= 0.6 is 24.0 Å². The molecule has 0 radical (unpaired) electrons. The summed E-state index contributed by atoms with van der Waals surface area (Å²) in [5.41, 5.74) is 2.39. The van der Waals surface area contributed by atoms with Gasteiger partial charge in [0.25, 0.3) is 0 Å². The zero-order valence-electron chi connectivity index (χ0n) is 18.3. The van der Waals surface area contributed by atoms with Crippen molar-refractivity contribution in [1.29, 1.82) is 0 Å². The van der Waals surface area contributed by atoms with Crippen LogP contribution in [0.4, 0.5) is 0 Å². The molecule has 166 valence electrons. The molecule has 30 heavy (non-hydrogen) atoms. The Morgan fingerprint density at radius 2 is 1.67 bits per heavy atom. The SMILES string of the molecule is CCCOCc1ccccc1CNC(=NC)NCC(C)Oc1ccccc1OC.I. The maximum Gasteiger partial charge on any atom is 0.191 e. The first-order valence-electron chi connectivity index (χ1n) is 10.1. The number of halogens is 1. The van der Waals surface area contributed by atoms with E-state index in [1.165, 1.54) is 11.1 Å². The Kier molecular flexibility index (Phi) is 12.9. The first-order valence-corrected chi connectivity index (χ1v) is 10.1. The first-order chi connectivity index (χ1) is 14.2. The van der Waals surface area contributed by atoms with E-state index in [2.05, 4.69) is 34.7 Å². The molecule has 0 saturated carbocycles. The van der Waals surface area contributed by atoms with Crippen LogP contribution in [0.3, 0.4) is 0 Å². The second-order valence-corrected chi connectivity index (χ2v) is 6.71. The molecule has 0 bridgehead atoms. The number of hydrogen-bond donors (Lipinski definition) is 2. The number of nitrogens with one attached hydrogen (secondary N) is 2. The van der Waals surface area contributed by atoms with Crippen molar-refractivity contribution in [2.45, 2.75) is 39.5 Å². The van der Waals surface area contributed by atoms with E-state index >= 15 is 0 Å². The quantitative estimate of drug-likeness (QED) is 0.197. The van der Waals surface area contributed by atoms with Gasteiger partial charge in [0, 0.05) is 20.2 Å². The average molecular weight is 527 g/mol. The lowest BCUT2D eigenvalue weighted by Gasteiger charge is -2.19. The lowest BCUT2D eigenvalue weighted by molar-refractivity contribution is 0.121. The Labute approximate surface area is 197 Å². The van der Waals surface area contributed by atoms with Gasteiger partial charge >= 0.3 is 0 Å². The number of benzene rings is 2. The normalized spacial score (nSPS) is 11.9. The molecule has 0 saturated heterocycles. The lowest BCUT2D eigenvalue weighted by Crippen LogP contribution is -2.41. The van der Waals surface area contributed by atoms with Crippen LogP contribution < -0.4 is 20.1 Å². The monoisotopic (exact) mass is 527 g/mol. The third-order valence-electron chi connectivity index (χ3n) is 4.35. The van der Waals surface area contributed by atoms with Gasteiger partial charge in [-0.1, -0.05) is 43.3 Å². The number of ether oxygens (including phenoxy) is 3. The van der Waals surface area contributed by atoms with Crippen molar-refractivity contribution in [1.82, 2.24) is 10.6 Å². The van der Waals surface area contributed by atoms with Crippen molar-refractivity contribution in [3.05, 3.63) is 59.7 Å². The molecule has 7 heteroatoms. The molecule has 2 aromatic carbocycles. The fourth-order valence-electron chi connectivity index (χ4n) is 2.81. The maximum absolute atomic E-state index is 5.98. The molecular formula is C23H34IN3O3. The van der Waals surface area contributed by atoms with Gasteiger partial charge in [-0.05, 0) is 36.6 Å². The van der Waals surface area contributed by atoms with E-state index in [4.69, 9.17) is 14.2 Å². The number of aliphatic imine (C=N–C) groups is 1. The van der Waals surface area contributed by atoms with Crippen LogP contribution in [0.15, 0.2) is 53.5 Å². The van der Waals surface area contributed by atoms with Gasteiger partial charge in [-0.25, -0.2) is 0 Å². The molecule has 0 aromatic heterocycles. The summed E-state index contributed by atoms with van der Waals surface area (Å²) in [5, 5.41) is 6.67. The van der Waals surface area contributed by atoms with Gasteiger partial charge in [0.05, 0.1) is 20.3 Å². The number of nitrogens with zero attached hydrogens (tertiary/aromatic N) is 1. The number of hydrogen-bond acceptors (Lipinski definition) is 4. The molecule has 6 nitrogen and oxygen atoms in total. The van der Waals surface area contributed by atoms with E-state index in [0.717, 1.165) is 30.5 Å². The van der Waals surface area contributed by atoms with Crippen molar-refractivity contribution in [3.8, 4) is 11.5 Å². The molecular weight excluding hydrogens is 493 g/mol. The summed E-state index contributed by atoms with van der Waals surface area (Å²) in [6.07, 6.45) is 0.964. The van der Waals surface area contributed by atoms with Crippen molar-refractivity contribution >= 4 is 29.9 Å². The molecule has 0 heterocycles. The van der Waals surface area contributed by atoms with Crippen LogP contribution in [-0.4, -0.2) is 39.4 Å². The maximum atomic E-state index is 5.98. The molecule has 1 atom stereocenters. The van der Waals surface area contributed by atoms with Gasteiger partial charge in [0.15, 0.2) is 17.5 Å². The fraction of sp³-hybridized carbons (Fsp3) is 0.435. The third-order valence-corrected chi connectivity index (χ3v) is 4.35. The summed E-state index contributed by atoms with van der Waals surface area (Å²) in [6, 6.07) is 15.9. The minimum atomic E-state index is -0.0559. The van der Waals surface area contributed by atoms with Crippen LogP contribution in [0.1, 0.15) is 31.4 Å². The van der Waals surface area contributed by atoms with E-state index in [9.17, 15) is 0 Å². The van der Waals surface area contributed by atoms with Gasteiger partial charge in [0.2, 0.25) is 0 Å². The average Bonchev–Trinajstić information content (AvgIpc) is 2.75. The van der Waals surface area contributed by atoms with Crippen molar-refractivity contribution in [3.63, 3.8) is 0 Å². The molecule has 0 fully saturated rings. The van der Waals surface area contributed by atoms with E-state index in [1.807, 2.05) is 43.3 Å². The first kappa shape index (κ1) is 26.0. The largest absolute Gasteiger partial charge is 0.493 e. The van der Waals surface area contributed by atoms with E-state index < -0.39 is 0 Å². The fourth-order valence-corrected chi connectivity index (χ4v) is 2.81. The van der Waals surface area contributed by atoms with Crippen molar-refractivity contribution in [2.24, 2.45) is 4.99 Å². The van der Waals surface area contributed by atoms with Crippen molar-refractivity contribution < 1.29 is 14.2 Å². The van der Waals surface area contributed by atoms with Crippen LogP contribution in [0, 0.1) is 0 Å². The Balaban J connectivity index is 0.00000450. The molecule has 0 aliphatic rings. The zero-order chi connectivity index (χ0) is 20.9. The second kappa shape index (κ2) is 14.9. The molecule has 2 N–H and O–H groups in total. The minimum absolute atomic E-state index is 0. The third kappa shape index (κ3) is 8.79. The zero-order valence-corrected chi connectivity index (χ0v) is 20.6. The van der Waals surface area contributed by atoms with E-state index in [-0.39, 0.29) is 30.1 Å². The lowest BCUT2D eigenvalue weighted by atomic mass is 10.1. The summed E-state index contributed by atoms with van der Waals surface area (Å²) < 4.78 is 17.0. The highest BCUT2D eigenvalue weighted by Crippen LogP contribution is 2.26. The summed E-state index contributed by atoms with van der Waals surface area (Å²) in [5.74, 6) is 2.18. The minimum Gasteiger partial charge on any atom is -0.493 e. The van der Waals surface area contributed by atoms with Gasteiger partial charge in [-0.3, -0.25) is 4.99 Å². The molecule has 1 unspecified atom stereocenters. The number of para-hydroxylation sites is 2. The topological polar surface area (TPSA) is 64.1 Å². The summed E-state index contributed by atoms with van der Waals surface area (Å²) in [6.45, 7) is 6.80. The van der Waals surface area contributed by atoms with Crippen LogP contribution in [0.5, 0.6) is 11.5 Å². The van der Waals surface area contributed by atoms with Crippen LogP contribution in [-0.2, 0) is 17.9 Å². The summed E-state index contributed by atoms with van der Waals surface area (Å²) >= 11 is 0. The van der Waals surface area contributed by atoms with E-state index in [1.54, 1.807) is 14.2 Å². The smallest absolute Gasteiger partial charge is 0.191 e. The highest BCUT2D eigenvalue weighted by atomic mass is 127. The highest BCUT2D eigenvalue weighted by molar-refractivity contribution is 14.0. The molecule has 0 aliphatic carbocycles.